The van der Waals surface area contributed by atoms with Crippen molar-refractivity contribution in [3.05, 3.63) is 29.8 Å². The van der Waals surface area contributed by atoms with Gasteiger partial charge in [0.2, 0.25) is 0 Å². The van der Waals surface area contributed by atoms with Crippen LogP contribution in [0.2, 0.25) is 0 Å². The highest BCUT2D eigenvalue weighted by Gasteiger charge is 2.22. The molecule has 1 aromatic rings. The molecule has 122 valence electrons. The van der Waals surface area contributed by atoms with Gasteiger partial charge in [-0.1, -0.05) is 19.1 Å². The molecule has 1 fully saturated rings. The highest BCUT2D eigenvalue weighted by Crippen LogP contribution is 2.30. The van der Waals surface area contributed by atoms with Crippen molar-refractivity contribution in [2.45, 2.75) is 58.6 Å². The SMILES string of the molecule is CCC(NC(=O)OC(C)(C)C)c1ccc(OCC2CC2)cc1. The molecule has 0 radical (unpaired) electrons. The lowest BCUT2D eigenvalue weighted by Crippen LogP contribution is -2.34. The van der Waals surface area contributed by atoms with Gasteiger partial charge in [-0.05, 0) is 63.6 Å². The monoisotopic (exact) mass is 305 g/mol. The van der Waals surface area contributed by atoms with Crippen molar-refractivity contribution in [1.82, 2.24) is 5.32 Å². The Hall–Kier alpha value is -1.71. The van der Waals surface area contributed by atoms with Gasteiger partial charge in [0.15, 0.2) is 0 Å². The molecule has 1 aromatic carbocycles. The Morgan fingerprint density at radius 2 is 1.91 bits per heavy atom. The van der Waals surface area contributed by atoms with E-state index in [0.717, 1.165) is 30.3 Å². The zero-order valence-electron chi connectivity index (χ0n) is 14.0. The van der Waals surface area contributed by atoms with Crippen molar-refractivity contribution in [1.29, 1.82) is 0 Å². The fourth-order valence-corrected chi connectivity index (χ4v) is 2.17. The third kappa shape index (κ3) is 5.58. The Morgan fingerprint density at radius 3 is 2.41 bits per heavy atom. The minimum absolute atomic E-state index is 0.0488. The number of rotatable bonds is 6. The highest BCUT2D eigenvalue weighted by molar-refractivity contribution is 5.68. The van der Waals surface area contributed by atoms with E-state index in [1.807, 2.05) is 52.0 Å². The minimum atomic E-state index is -0.483. The normalized spacial score (nSPS) is 16.0. The van der Waals surface area contributed by atoms with Crippen LogP contribution in [0.25, 0.3) is 0 Å². The quantitative estimate of drug-likeness (QED) is 0.844. The summed E-state index contributed by atoms with van der Waals surface area (Å²) in [4.78, 5) is 11.9. The average molecular weight is 305 g/mol. The lowest BCUT2D eigenvalue weighted by atomic mass is 10.0. The van der Waals surface area contributed by atoms with Crippen molar-refractivity contribution in [3.8, 4) is 5.75 Å². The predicted octanol–water partition coefficient (Wildman–Crippen LogP) is 4.45. The average Bonchev–Trinajstić information content (AvgIpc) is 3.25. The number of ether oxygens (including phenoxy) is 2. The second-order valence-corrected chi connectivity index (χ2v) is 6.93. The summed E-state index contributed by atoms with van der Waals surface area (Å²) >= 11 is 0. The second-order valence-electron chi connectivity index (χ2n) is 6.93. The van der Waals surface area contributed by atoms with Gasteiger partial charge >= 0.3 is 6.09 Å². The molecule has 1 amide bonds. The molecule has 22 heavy (non-hydrogen) atoms. The maximum absolute atomic E-state index is 11.9. The van der Waals surface area contributed by atoms with Crippen molar-refractivity contribution < 1.29 is 14.3 Å². The molecule has 2 rings (SSSR count). The van der Waals surface area contributed by atoms with Crippen LogP contribution in [0, 0.1) is 5.92 Å². The molecule has 0 heterocycles. The van der Waals surface area contributed by atoms with Gasteiger partial charge in [-0.25, -0.2) is 4.79 Å². The number of hydrogen-bond donors (Lipinski definition) is 1. The van der Waals surface area contributed by atoms with Gasteiger partial charge in [0.25, 0.3) is 0 Å². The van der Waals surface area contributed by atoms with Crippen molar-refractivity contribution in [2.75, 3.05) is 6.61 Å². The topological polar surface area (TPSA) is 47.6 Å². The van der Waals surface area contributed by atoms with E-state index in [4.69, 9.17) is 9.47 Å². The molecule has 0 aromatic heterocycles. The van der Waals surface area contributed by atoms with E-state index in [1.165, 1.54) is 12.8 Å². The summed E-state index contributed by atoms with van der Waals surface area (Å²) in [7, 11) is 0. The van der Waals surface area contributed by atoms with Crippen LogP contribution in [0.1, 0.15) is 58.6 Å². The molecule has 1 aliphatic rings. The van der Waals surface area contributed by atoms with E-state index in [-0.39, 0.29) is 12.1 Å². The van der Waals surface area contributed by atoms with E-state index in [9.17, 15) is 4.79 Å². The molecule has 1 aliphatic carbocycles. The van der Waals surface area contributed by atoms with Gasteiger partial charge in [-0.15, -0.1) is 0 Å². The molecule has 1 saturated carbocycles. The summed E-state index contributed by atoms with van der Waals surface area (Å²) in [5, 5.41) is 2.92. The van der Waals surface area contributed by atoms with Crippen LogP contribution in [0.3, 0.4) is 0 Å². The first-order chi connectivity index (χ1) is 10.4. The van der Waals surface area contributed by atoms with E-state index < -0.39 is 5.60 Å². The van der Waals surface area contributed by atoms with E-state index >= 15 is 0 Å². The summed E-state index contributed by atoms with van der Waals surface area (Å²) in [5.74, 6) is 1.64. The molecule has 0 saturated heterocycles. The maximum atomic E-state index is 11.9. The van der Waals surface area contributed by atoms with Crippen molar-refractivity contribution in [2.24, 2.45) is 5.92 Å². The van der Waals surface area contributed by atoms with Crippen molar-refractivity contribution in [3.63, 3.8) is 0 Å². The zero-order chi connectivity index (χ0) is 16.2. The molecule has 0 aliphatic heterocycles. The van der Waals surface area contributed by atoms with Crippen LogP contribution < -0.4 is 10.1 Å². The Labute approximate surface area is 133 Å². The first-order valence-corrected chi connectivity index (χ1v) is 8.09. The molecule has 1 N–H and O–H groups in total. The number of hydrogen-bond acceptors (Lipinski definition) is 3. The summed E-state index contributed by atoms with van der Waals surface area (Å²) in [6, 6.07) is 7.91. The Balaban J connectivity index is 1.90. The number of carbonyl (C=O) groups excluding carboxylic acids is 1. The smallest absolute Gasteiger partial charge is 0.408 e. The summed E-state index contributed by atoms with van der Waals surface area (Å²) < 4.78 is 11.0. The first-order valence-electron chi connectivity index (χ1n) is 8.09. The minimum Gasteiger partial charge on any atom is -0.493 e. The predicted molar refractivity (Wildman–Crippen MR) is 87.1 cm³/mol. The first kappa shape index (κ1) is 16.7. The van der Waals surface area contributed by atoms with Crippen LogP contribution in [-0.2, 0) is 4.74 Å². The largest absolute Gasteiger partial charge is 0.493 e. The van der Waals surface area contributed by atoms with Crippen LogP contribution in [-0.4, -0.2) is 18.3 Å². The Bertz CT molecular complexity index is 486. The van der Waals surface area contributed by atoms with E-state index in [2.05, 4.69) is 5.32 Å². The lowest BCUT2D eigenvalue weighted by molar-refractivity contribution is 0.0502. The van der Waals surface area contributed by atoms with Gasteiger partial charge in [0.1, 0.15) is 11.4 Å². The van der Waals surface area contributed by atoms with Gasteiger partial charge in [-0.3, -0.25) is 0 Å². The number of benzene rings is 1. The molecular formula is C18H27NO3. The van der Waals surface area contributed by atoms with Crippen LogP contribution >= 0.6 is 0 Å². The fourth-order valence-electron chi connectivity index (χ4n) is 2.17. The second kappa shape index (κ2) is 7.03. The molecule has 4 heteroatoms. The lowest BCUT2D eigenvalue weighted by Gasteiger charge is -2.23. The van der Waals surface area contributed by atoms with Crippen LogP contribution in [0.4, 0.5) is 4.79 Å². The number of carbonyl (C=O) groups is 1. The third-order valence-electron chi connectivity index (χ3n) is 3.56. The molecule has 0 spiro atoms. The van der Waals surface area contributed by atoms with Gasteiger partial charge in [-0.2, -0.15) is 0 Å². The fraction of sp³-hybridized carbons (Fsp3) is 0.611. The molecular weight excluding hydrogens is 278 g/mol. The maximum Gasteiger partial charge on any atom is 0.408 e. The summed E-state index contributed by atoms with van der Waals surface area (Å²) in [5.41, 5.74) is 0.579. The molecule has 1 atom stereocenters. The zero-order valence-corrected chi connectivity index (χ0v) is 14.0. The van der Waals surface area contributed by atoms with Gasteiger partial charge in [0, 0.05) is 0 Å². The number of alkyl carbamates (subject to hydrolysis) is 1. The van der Waals surface area contributed by atoms with E-state index in [1.54, 1.807) is 0 Å². The summed E-state index contributed by atoms with van der Waals surface area (Å²) in [6.45, 7) is 8.44. The van der Waals surface area contributed by atoms with Crippen LogP contribution in [0.5, 0.6) is 5.75 Å². The van der Waals surface area contributed by atoms with E-state index in [0.29, 0.717) is 0 Å². The van der Waals surface area contributed by atoms with Gasteiger partial charge < -0.3 is 14.8 Å². The highest BCUT2D eigenvalue weighted by atomic mass is 16.6. The standard InChI is InChI=1S/C18H27NO3/c1-5-16(19-17(20)22-18(2,3)4)14-8-10-15(11-9-14)21-12-13-6-7-13/h8-11,13,16H,5-7,12H2,1-4H3,(H,19,20). The Kier molecular flexibility index (Phi) is 5.33. The molecule has 4 nitrogen and oxygen atoms in total. The molecule has 0 bridgehead atoms. The summed E-state index contributed by atoms with van der Waals surface area (Å²) in [6.07, 6.45) is 3.00. The Morgan fingerprint density at radius 1 is 1.27 bits per heavy atom. The van der Waals surface area contributed by atoms with Crippen molar-refractivity contribution >= 4 is 6.09 Å². The van der Waals surface area contributed by atoms with Crippen LogP contribution in [0.15, 0.2) is 24.3 Å². The molecule has 1 unspecified atom stereocenters. The van der Waals surface area contributed by atoms with Gasteiger partial charge in [0.05, 0.1) is 12.6 Å². The number of amides is 1. The third-order valence-corrected chi connectivity index (χ3v) is 3.56. The number of nitrogens with one attached hydrogen (secondary N) is 1.